The third-order valence-electron chi connectivity index (χ3n) is 4.22. The summed E-state index contributed by atoms with van der Waals surface area (Å²) < 4.78 is 0. The predicted molar refractivity (Wildman–Crippen MR) is 110 cm³/mol. The molecule has 130 valence electrons. The van der Waals surface area contributed by atoms with E-state index in [9.17, 15) is 0 Å². The number of nitrogens with one attached hydrogen (secondary N) is 1. The van der Waals surface area contributed by atoms with E-state index in [2.05, 4.69) is 73.5 Å². The third kappa shape index (κ3) is 6.67. The molecule has 1 aromatic carbocycles. The molecule has 0 aromatic heterocycles. The molecule has 0 aliphatic heterocycles. The van der Waals surface area contributed by atoms with E-state index in [-0.39, 0.29) is 24.0 Å². The molecule has 1 atom stereocenters. The number of nitrogens with zero attached hydrogens (tertiary/aromatic N) is 3. The average Bonchev–Trinajstić information content (AvgIpc) is 3.32. The van der Waals surface area contributed by atoms with Crippen LogP contribution < -0.4 is 5.32 Å². The minimum atomic E-state index is 0. The first-order valence-corrected chi connectivity index (χ1v) is 8.31. The van der Waals surface area contributed by atoms with E-state index in [1.54, 1.807) is 0 Å². The summed E-state index contributed by atoms with van der Waals surface area (Å²) >= 11 is 0. The Morgan fingerprint density at radius 2 is 1.87 bits per heavy atom. The molecule has 1 saturated carbocycles. The molecule has 0 spiro atoms. The average molecular weight is 430 g/mol. The number of hydrogen-bond acceptors (Lipinski definition) is 2. The molecule has 0 heterocycles. The van der Waals surface area contributed by atoms with Gasteiger partial charge in [0, 0.05) is 26.2 Å². The fourth-order valence-corrected chi connectivity index (χ4v) is 2.80. The highest BCUT2D eigenvalue weighted by molar-refractivity contribution is 14.0. The minimum absolute atomic E-state index is 0. The second-order valence-corrected chi connectivity index (χ2v) is 6.40. The van der Waals surface area contributed by atoms with E-state index in [4.69, 9.17) is 4.99 Å². The molecular formula is C18H31IN4. The van der Waals surface area contributed by atoms with Crippen molar-refractivity contribution in [2.45, 2.75) is 32.4 Å². The summed E-state index contributed by atoms with van der Waals surface area (Å²) in [4.78, 5) is 9.41. The van der Waals surface area contributed by atoms with Gasteiger partial charge in [0.2, 0.25) is 0 Å². The van der Waals surface area contributed by atoms with Crippen molar-refractivity contribution < 1.29 is 0 Å². The lowest BCUT2D eigenvalue weighted by Crippen LogP contribution is -2.40. The maximum atomic E-state index is 4.88. The van der Waals surface area contributed by atoms with Crippen molar-refractivity contribution in [2.24, 2.45) is 10.9 Å². The zero-order valence-electron chi connectivity index (χ0n) is 14.8. The summed E-state index contributed by atoms with van der Waals surface area (Å²) in [5, 5.41) is 3.41. The van der Waals surface area contributed by atoms with Gasteiger partial charge in [0.15, 0.2) is 5.96 Å². The van der Waals surface area contributed by atoms with E-state index in [1.165, 1.54) is 18.4 Å². The number of benzene rings is 1. The van der Waals surface area contributed by atoms with Crippen LogP contribution >= 0.6 is 24.0 Å². The fourth-order valence-electron chi connectivity index (χ4n) is 2.80. The number of hydrogen-bond donors (Lipinski definition) is 1. The van der Waals surface area contributed by atoms with Gasteiger partial charge in [-0.05, 0) is 45.3 Å². The van der Waals surface area contributed by atoms with Crippen LogP contribution in [-0.2, 0) is 6.54 Å². The minimum Gasteiger partial charge on any atom is -0.357 e. The summed E-state index contributed by atoms with van der Waals surface area (Å²) in [7, 11) is 6.44. The highest BCUT2D eigenvalue weighted by atomic mass is 127. The van der Waals surface area contributed by atoms with Crippen LogP contribution in [-0.4, -0.2) is 56.0 Å². The number of halogens is 1. The van der Waals surface area contributed by atoms with E-state index in [1.807, 2.05) is 0 Å². The van der Waals surface area contributed by atoms with Crippen molar-refractivity contribution in [3.8, 4) is 0 Å². The van der Waals surface area contributed by atoms with Crippen molar-refractivity contribution in [3.05, 3.63) is 35.9 Å². The maximum Gasteiger partial charge on any atom is 0.194 e. The van der Waals surface area contributed by atoms with E-state index >= 15 is 0 Å². The van der Waals surface area contributed by atoms with E-state index in [0.29, 0.717) is 6.04 Å². The van der Waals surface area contributed by atoms with E-state index in [0.717, 1.165) is 31.5 Å². The lowest BCUT2D eigenvalue weighted by atomic mass is 10.2. The molecule has 1 fully saturated rings. The Balaban J connectivity index is 0.00000264. The molecule has 0 amide bonds. The lowest BCUT2D eigenvalue weighted by Gasteiger charge is -2.25. The molecule has 0 radical (unpaired) electrons. The van der Waals surface area contributed by atoms with Gasteiger partial charge in [-0.2, -0.15) is 0 Å². The largest absolute Gasteiger partial charge is 0.357 e. The van der Waals surface area contributed by atoms with Crippen LogP contribution in [0.2, 0.25) is 0 Å². The van der Waals surface area contributed by atoms with Crippen LogP contribution in [0.5, 0.6) is 0 Å². The van der Waals surface area contributed by atoms with Crippen LogP contribution in [0.4, 0.5) is 0 Å². The predicted octanol–water partition coefficient (Wildman–Crippen LogP) is 3.04. The molecule has 2 rings (SSSR count). The first kappa shape index (κ1) is 20.2. The number of aliphatic imine (C=N–C) groups is 1. The molecule has 0 bridgehead atoms. The Hall–Kier alpha value is -0.820. The second-order valence-electron chi connectivity index (χ2n) is 6.40. The van der Waals surface area contributed by atoms with Gasteiger partial charge in [-0.15, -0.1) is 24.0 Å². The Morgan fingerprint density at radius 3 is 2.39 bits per heavy atom. The standard InChI is InChI=1S/C18H30N4.HI/c1-5-19-18(20-13-17(21(2)3)16-11-12-16)22(4)14-15-9-7-6-8-10-15;/h6-10,16-17H,5,11-14H2,1-4H3,(H,19,20);1H. The van der Waals surface area contributed by atoms with Crippen molar-refractivity contribution in [3.63, 3.8) is 0 Å². The van der Waals surface area contributed by atoms with Crippen molar-refractivity contribution >= 4 is 29.9 Å². The number of rotatable bonds is 7. The van der Waals surface area contributed by atoms with Crippen molar-refractivity contribution in [1.82, 2.24) is 15.1 Å². The van der Waals surface area contributed by atoms with Crippen LogP contribution in [0, 0.1) is 5.92 Å². The van der Waals surface area contributed by atoms with Gasteiger partial charge in [0.05, 0.1) is 6.54 Å². The van der Waals surface area contributed by atoms with Crippen LogP contribution in [0.1, 0.15) is 25.3 Å². The van der Waals surface area contributed by atoms with Crippen LogP contribution in [0.3, 0.4) is 0 Å². The van der Waals surface area contributed by atoms with E-state index < -0.39 is 0 Å². The Bertz CT molecular complexity index is 469. The van der Waals surface area contributed by atoms with Crippen molar-refractivity contribution in [2.75, 3.05) is 34.2 Å². The van der Waals surface area contributed by atoms with Gasteiger partial charge in [-0.3, -0.25) is 4.99 Å². The first-order valence-electron chi connectivity index (χ1n) is 8.31. The smallest absolute Gasteiger partial charge is 0.194 e. The van der Waals surface area contributed by atoms with Crippen LogP contribution in [0.15, 0.2) is 35.3 Å². The fraction of sp³-hybridized carbons (Fsp3) is 0.611. The topological polar surface area (TPSA) is 30.9 Å². The molecule has 4 nitrogen and oxygen atoms in total. The zero-order chi connectivity index (χ0) is 15.9. The van der Waals surface area contributed by atoms with Crippen molar-refractivity contribution in [1.29, 1.82) is 0 Å². The molecule has 0 saturated heterocycles. The van der Waals surface area contributed by atoms with Crippen LogP contribution in [0.25, 0.3) is 0 Å². The number of likely N-dealkylation sites (N-methyl/N-ethyl adjacent to an activating group) is 1. The van der Waals surface area contributed by atoms with Gasteiger partial charge in [0.25, 0.3) is 0 Å². The molecule has 23 heavy (non-hydrogen) atoms. The molecular weight excluding hydrogens is 399 g/mol. The number of guanidine groups is 1. The summed E-state index contributed by atoms with van der Waals surface area (Å²) in [5.74, 6) is 1.83. The molecule has 1 aromatic rings. The second kappa shape index (κ2) is 10.1. The Morgan fingerprint density at radius 1 is 1.22 bits per heavy atom. The maximum absolute atomic E-state index is 4.88. The lowest BCUT2D eigenvalue weighted by molar-refractivity contribution is 0.270. The van der Waals surface area contributed by atoms with Gasteiger partial charge in [-0.25, -0.2) is 0 Å². The normalized spacial score (nSPS) is 16.0. The molecule has 5 heteroatoms. The first-order chi connectivity index (χ1) is 10.6. The molecule has 1 unspecified atom stereocenters. The SMILES string of the molecule is CCNC(=NCC(C1CC1)N(C)C)N(C)Cc1ccccc1.I. The zero-order valence-corrected chi connectivity index (χ0v) is 17.2. The highest BCUT2D eigenvalue weighted by Gasteiger charge is 2.32. The van der Waals surface area contributed by atoms with Gasteiger partial charge < -0.3 is 15.1 Å². The summed E-state index contributed by atoms with van der Waals surface area (Å²) in [6, 6.07) is 11.1. The molecule has 1 aliphatic carbocycles. The Labute approximate surface area is 158 Å². The monoisotopic (exact) mass is 430 g/mol. The molecule has 1 N–H and O–H groups in total. The summed E-state index contributed by atoms with van der Waals surface area (Å²) in [5.41, 5.74) is 1.31. The van der Waals surface area contributed by atoms with Gasteiger partial charge >= 0.3 is 0 Å². The molecule has 1 aliphatic rings. The van der Waals surface area contributed by atoms with Gasteiger partial charge in [0.1, 0.15) is 0 Å². The summed E-state index contributed by atoms with van der Waals surface area (Å²) in [6.07, 6.45) is 2.71. The third-order valence-corrected chi connectivity index (χ3v) is 4.22. The Kier molecular flexibility index (Phi) is 8.91. The van der Waals surface area contributed by atoms with Gasteiger partial charge in [-0.1, -0.05) is 30.3 Å². The highest BCUT2D eigenvalue weighted by Crippen LogP contribution is 2.34. The quantitative estimate of drug-likeness (QED) is 0.410. The summed E-state index contributed by atoms with van der Waals surface area (Å²) in [6.45, 7) is 4.77.